The highest BCUT2D eigenvalue weighted by atomic mass is 15.1. The molecule has 0 aliphatic heterocycles. The summed E-state index contributed by atoms with van der Waals surface area (Å²) in [7, 11) is 0. The van der Waals surface area contributed by atoms with Gasteiger partial charge in [-0.2, -0.15) is 0 Å². The van der Waals surface area contributed by atoms with Gasteiger partial charge in [-0.1, -0.05) is 97.1 Å². The molecule has 10 rings (SSSR count). The second-order valence-corrected chi connectivity index (χ2v) is 13.0. The van der Waals surface area contributed by atoms with Crippen molar-refractivity contribution in [3.8, 4) is 22.3 Å². The molecular formula is C40H35N. The summed E-state index contributed by atoms with van der Waals surface area (Å²) in [6, 6.07) is 47.5. The van der Waals surface area contributed by atoms with Gasteiger partial charge in [-0.15, -0.1) is 0 Å². The number of fused-ring (bicyclic) bond motifs is 3. The number of anilines is 3. The van der Waals surface area contributed by atoms with Crippen LogP contribution in [-0.2, 0) is 5.41 Å². The Balaban J connectivity index is 1.27. The second-order valence-electron chi connectivity index (χ2n) is 13.0. The highest BCUT2D eigenvalue weighted by Crippen LogP contribution is 2.69. The first kappa shape index (κ1) is 23.6. The van der Waals surface area contributed by atoms with Crippen LogP contribution in [0.25, 0.3) is 22.3 Å². The van der Waals surface area contributed by atoms with Crippen LogP contribution < -0.4 is 4.90 Å². The van der Waals surface area contributed by atoms with Gasteiger partial charge in [0.2, 0.25) is 0 Å². The van der Waals surface area contributed by atoms with E-state index in [0.29, 0.717) is 0 Å². The maximum atomic E-state index is 2.60. The average molecular weight is 530 g/mol. The molecule has 1 spiro atoms. The van der Waals surface area contributed by atoms with Crippen molar-refractivity contribution < 1.29 is 0 Å². The zero-order chi connectivity index (χ0) is 27.0. The SMILES string of the molecule is c1ccc(-c2ccccc2N(c2ccccc2)c2ccc3c(c2)C2(c4ccccc4-3)C3CC4CC(C3)CC2C4)cc1. The number of rotatable bonds is 4. The van der Waals surface area contributed by atoms with Crippen LogP contribution in [0, 0.1) is 23.7 Å². The molecule has 5 aromatic carbocycles. The first-order valence-electron chi connectivity index (χ1n) is 15.5. The number of nitrogens with zero attached hydrogens (tertiary/aromatic N) is 1. The van der Waals surface area contributed by atoms with Gasteiger partial charge in [-0.05, 0) is 114 Å². The van der Waals surface area contributed by atoms with Crippen molar-refractivity contribution in [2.24, 2.45) is 23.7 Å². The van der Waals surface area contributed by atoms with Gasteiger partial charge in [-0.3, -0.25) is 0 Å². The van der Waals surface area contributed by atoms with Crippen LogP contribution in [0.5, 0.6) is 0 Å². The highest BCUT2D eigenvalue weighted by molar-refractivity contribution is 5.90. The zero-order valence-corrected chi connectivity index (χ0v) is 23.4. The first-order chi connectivity index (χ1) is 20.3. The molecule has 0 saturated heterocycles. The molecule has 0 unspecified atom stereocenters. The van der Waals surface area contributed by atoms with Gasteiger partial charge in [0.25, 0.3) is 0 Å². The van der Waals surface area contributed by atoms with Crippen molar-refractivity contribution in [2.45, 2.75) is 37.5 Å². The molecule has 4 saturated carbocycles. The first-order valence-corrected chi connectivity index (χ1v) is 15.5. The van der Waals surface area contributed by atoms with Gasteiger partial charge >= 0.3 is 0 Å². The lowest BCUT2D eigenvalue weighted by Crippen LogP contribution is -2.55. The summed E-state index contributed by atoms with van der Waals surface area (Å²) in [6.07, 6.45) is 7.11. The fourth-order valence-electron chi connectivity index (χ4n) is 9.81. The monoisotopic (exact) mass is 529 g/mol. The van der Waals surface area contributed by atoms with Crippen LogP contribution in [0.2, 0.25) is 0 Å². The molecule has 41 heavy (non-hydrogen) atoms. The summed E-state index contributed by atoms with van der Waals surface area (Å²) in [5.74, 6) is 3.42. The summed E-state index contributed by atoms with van der Waals surface area (Å²) < 4.78 is 0. The van der Waals surface area contributed by atoms with Crippen LogP contribution >= 0.6 is 0 Å². The molecule has 5 aromatic rings. The quantitative estimate of drug-likeness (QED) is 0.224. The second kappa shape index (κ2) is 8.95. The summed E-state index contributed by atoms with van der Waals surface area (Å²) >= 11 is 0. The molecule has 0 amide bonds. The largest absolute Gasteiger partial charge is 0.310 e. The van der Waals surface area contributed by atoms with E-state index in [1.54, 1.807) is 11.1 Å². The Kier molecular flexibility index (Phi) is 5.15. The molecule has 0 radical (unpaired) electrons. The zero-order valence-electron chi connectivity index (χ0n) is 23.4. The summed E-state index contributed by atoms with van der Waals surface area (Å²) in [6.45, 7) is 0. The highest BCUT2D eigenvalue weighted by Gasteiger charge is 2.61. The predicted octanol–water partition coefficient (Wildman–Crippen LogP) is 10.5. The number of hydrogen-bond acceptors (Lipinski definition) is 1. The van der Waals surface area contributed by atoms with E-state index in [1.807, 2.05) is 0 Å². The Morgan fingerprint density at radius 2 is 1.05 bits per heavy atom. The molecule has 5 aliphatic carbocycles. The van der Waals surface area contributed by atoms with Crippen molar-refractivity contribution in [1.29, 1.82) is 0 Å². The Hall–Kier alpha value is -4.10. The van der Waals surface area contributed by atoms with E-state index in [2.05, 4.69) is 132 Å². The number of para-hydroxylation sites is 2. The van der Waals surface area contributed by atoms with Gasteiger partial charge in [0.1, 0.15) is 0 Å². The van der Waals surface area contributed by atoms with Crippen LogP contribution in [0.3, 0.4) is 0 Å². The Bertz CT molecular complexity index is 1720. The van der Waals surface area contributed by atoms with Gasteiger partial charge < -0.3 is 4.90 Å². The summed E-state index contributed by atoms with van der Waals surface area (Å²) in [5.41, 5.74) is 12.5. The standard InChI is InChI=1S/C40H35N/c1-3-11-29(12-4-1)34-15-8-10-18-39(34)41(32-13-5-2-6-14-32)33-19-20-36-35-16-7-9-17-37(35)40(38(36)26-33)30-22-27-21-28(24-30)25-31(40)23-27/h1-20,26-28,30-31H,21-25H2. The summed E-state index contributed by atoms with van der Waals surface area (Å²) in [4.78, 5) is 2.50. The van der Waals surface area contributed by atoms with Gasteiger partial charge in [-0.25, -0.2) is 0 Å². The van der Waals surface area contributed by atoms with E-state index in [0.717, 1.165) is 23.7 Å². The van der Waals surface area contributed by atoms with E-state index in [1.165, 1.54) is 71.4 Å². The molecule has 4 fully saturated rings. The van der Waals surface area contributed by atoms with Crippen molar-refractivity contribution in [3.05, 3.63) is 139 Å². The topological polar surface area (TPSA) is 3.24 Å². The third-order valence-corrected chi connectivity index (χ3v) is 11.0. The lowest BCUT2D eigenvalue weighted by molar-refractivity contribution is -0.0399. The number of hydrogen-bond donors (Lipinski definition) is 0. The maximum Gasteiger partial charge on any atom is 0.0540 e. The number of benzene rings is 5. The lowest BCUT2D eigenvalue weighted by atomic mass is 9.43. The minimum Gasteiger partial charge on any atom is -0.310 e. The fourth-order valence-corrected chi connectivity index (χ4v) is 9.81. The lowest BCUT2D eigenvalue weighted by Gasteiger charge is -2.61. The smallest absolute Gasteiger partial charge is 0.0540 e. The van der Waals surface area contributed by atoms with E-state index in [4.69, 9.17) is 0 Å². The Labute approximate surface area is 243 Å². The van der Waals surface area contributed by atoms with E-state index >= 15 is 0 Å². The Morgan fingerprint density at radius 1 is 0.463 bits per heavy atom. The molecule has 0 N–H and O–H groups in total. The van der Waals surface area contributed by atoms with E-state index < -0.39 is 0 Å². The minimum atomic E-state index is 0.163. The van der Waals surface area contributed by atoms with Gasteiger partial charge in [0.05, 0.1) is 5.69 Å². The molecule has 1 heteroatoms. The molecule has 0 atom stereocenters. The van der Waals surface area contributed by atoms with Crippen LogP contribution in [0.1, 0.15) is 43.2 Å². The third kappa shape index (κ3) is 3.35. The van der Waals surface area contributed by atoms with Crippen molar-refractivity contribution in [2.75, 3.05) is 4.90 Å². The van der Waals surface area contributed by atoms with E-state index in [9.17, 15) is 0 Å². The molecule has 0 aromatic heterocycles. The molecule has 200 valence electrons. The van der Waals surface area contributed by atoms with Crippen LogP contribution in [-0.4, -0.2) is 0 Å². The predicted molar refractivity (Wildman–Crippen MR) is 170 cm³/mol. The fraction of sp³-hybridized carbons (Fsp3) is 0.250. The Morgan fingerprint density at radius 3 is 1.78 bits per heavy atom. The normalized spacial score (nSPS) is 26.6. The molecule has 5 aliphatic rings. The van der Waals surface area contributed by atoms with Crippen molar-refractivity contribution >= 4 is 17.1 Å². The van der Waals surface area contributed by atoms with E-state index in [-0.39, 0.29) is 5.41 Å². The minimum absolute atomic E-state index is 0.163. The van der Waals surface area contributed by atoms with Crippen molar-refractivity contribution in [3.63, 3.8) is 0 Å². The molecule has 0 heterocycles. The molecule has 1 nitrogen and oxygen atoms in total. The van der Waals surface area contributed by atoms with Crippen molar-refractivity contribution in [1.82, 2.24) is 0 Å². The molecule has 4 bridgehead atoms. The third-order valence-electron chi connectivity index (χ3n) is 11.0. The van der Waals surface area contributed by atoms with Gasteiger partial charge in [0, 0.05) is 22.4 Å². The maximum absolute atomic E-state index is 2.60. The summed E-state index contributed by atoms with van der Waals surface area (Å²) in [5, 5.41) is 0. The average Bonchev–Trinajstić information content (AvgIpc) is 3.31. The van der Waals surface area contributed by atoms with Gasteiger partial charge in [0.15, 0.2) is 0 Å². The molecular weight excluding hydrogens is 494 g/mol. The van der Waals surface area contributed by atoms with Crippen LogP contribution in [0.15, 0.2) is 127 Å². The van der Waals surface area contributed by atoms with Crippen LogP contribution in [0.4, 0.5) is 17.1 Å².